The van der Waals surface area contributed by atoms with Crippen molar-refractivity contribution < 1.29 is 28.6 Å². The van der Waals surface area contributed by atoms with Gasteiger partial charge in [-0.25, -0.2) is 0 Å². The third-order valence-electron chi connectivity index (χ3n) is 5.11. The molecule has 0 saturated carbocycles. The molecule has 8 nitrogen and oxygen atoms in total. The molecule has 30 heavy (non-hydrogen) atoms. The Balaban J connectivity index is 2.28. The third kappa shape index (κ3) is 5.82. The molecule has 1 amide bonds. The van der Waals surface area contributed by atoms with Crippen molar-refractivity contribution in [3.8, 4) is 0 Å². The van der Waals surface area contributed by atoms with E-state index in [2.05, 4.69) is 5.32 Å². The predicted octanol–water partition coefficient (Wildman–Crippen LogP) is 2.80. The van der Waals surface area contributed by atoms with Crippen molar-refractivity contribution >= 4 is 28.6 Å². The number of benzene rings is 1. The van der Waals surface area contributed by atoms with Gasteiger partial charge < -0.3 is 19.2 Å². The molecule has 3 atom stereocenters. The standard InChI is InChI=1S/C22H30N2O6/c1-5-14(3)20(23-15(4)22(28)29-6-2)21(27)24(12-19(25)26)11-18-17-10-8-7-9-16(17)13-30-18/h7-10,13-15,20,23H,5-6,11-12H2,1-4H3,(H,25,26)/t14-,15-,20-/m0/s1. The summed E-state index contributed by atoms with van der Waals surface area (Å²) >= 11 is 0. The third-order valence-corrected chi connectivity index (χ3v) is 5.11. The fourth-order valence-corrected chi connectivity index (χ4v) is 3.24. The Morgan fingerprint density at radius 1 is 1.20 bits per heavy atom. The van der Waals surface area contributed by atoms with Gasteiger partial charge in [0.1, 0.15) is 18.3 Å². The summed E-state index contributed by atoms with van der Waals surface area (Å²) in [6.45, 7) is 6.94. The molecule has 164 valence electrons. The van der Waals surface area contributed by atoms with E-state index in [0.29, 0.717) is 12.2 Å². The van der Waals surface area contributed by atoms with E-state index in [-0.39, 0.29) is 19.1 Å². The Morgan fingerprint density at radius 2 is 1.90 bits per heavy atom. The van der Waals surface area contributed by atoms with Gasteiger partial charge in [-0.1, -0.05) is 44.5 Å². The highest BCUT2D eigenvalue weighted by atomic mass is 16.5. The fourth-order valence-electron chi connectivity index (χ4n) is 3.24. The van der Waals surface area contributed by atoms with Crippen molar-refractivity contribution in [2.24, 2.45) is 5.92 Å². The minimum absolute atomic E-state index is 0.0149. The molecule has 1 heterocycles. The molecule has 1 aromatic carbocycles. The minimum Gasteiger partial charge on any atom is -0.480 e. The van der Waals surface area contributed by atoms with Crippen molar-refractivity contribution in [2.75, 3.05) is 13.2 Å². The van der Waals surface area contributed by atoms with Crippen LogP contribution in [-0.2, 0) is 25.7 Å². The summed E-state index contributed by atoms with van der Waals surface area (Å²) in [5.74, 6) is -1.59. The van der Waals surface area contributed by atoms with Crippen molar-refractivity contribution in [1.82, 2.24) is 10.2 Å². The van der Waals surface area contributed by atoms with Gasteiger partial charge in [0.2, 0.25) is 5.91 Å². The Labute approximate surface area is 176 Å². The Bertz CT molecular complexity index is 877. The maximum atomic E-state index is 13.4. The molecule has 1 aromatic heterocycles. The second-order valence-corrected chi connectivity index (χ2v) is 7.34. The first-order valence-electron chi connectivity index (χ1n) is 10.2. The molecule has 0 aliphatic rings. The van der Waals surface area contributed by atoms with Gasteiger partial charge in [-0.2, -0.15) is 0 Å². The number of fused-ring (bicyclic) bond motifs is 1. The van der Waals surface area contributed by atoms with Gasteiger partial charge in [0.25, 0.3) is 0 Å². The summed E-state index contributed by atoms with van der Waals surface area (Å²) in [5, 5.41) is 14.1. The monoisotopic (exact) mass is 418 g/mol. The van der Waals surface area contributed by atoms with Gasteiger partial charge in [-0.05, 0) is 19.8 Å². The van der Waals surface area contributed by atoms with E-state index >= 15 is 0 Å². The Kier molecular flexibility index (Phi) is 8.41. The number of hydrogen-bond donors (Lipinski definition) is 2. The van der Waals surface area contributed by atoms with Crippen LogP contribution in [0.1, 0.15) is 39.9 Å². The topological polar surface area (TPSA) is 109 Å². The fraction of sp³-hybridized carbons (Fsp3) is 0.500. The number of nitrogens with one attached hydrogen (secondary N) is 1. The molecule has 0 aliphatic heterocycles. The van der Waals surface area contributed by atoms with Gasteiger partial charge in [0, 0.05) is 10.8 Å². The number of hydrogen-bond acceptors (Lipinski definition) is 6. The summed E-state index contributed by atoms with van der Waals surface area (Å²) in [4.78, 5) is 38.1. The van der Waals surface area contributed by atoms with E-state index in [0.717, 1.165) is 10.8 Å². The molecule has 0 radical (unpaired) electrons. The van der Waals surface area contributed by atoms with Gasteiger partial charge in [0.15, 0.2) is 0 Å². The zero-order valence-electron chi connectivity index (χ0n) is 17.9. The number of ether oxygens (including phenoxy) is 1. The number of rotatable bonds is 11. The van der Waals surface area contributed by atoms with Crippen molar-refractivity contribution in [2.45, 2.75) is 52.7 Å². The number of carboxylic acid groups (broad SMARTS) is 1. The van der Waals surface area contributed by atoms with Crippen LogP contribution in [0.15, 0.2) is 34.9 Å². The summed E-state index contributed by atoms with van der Waals surface area (Å²) in [5.41, 5.74) is 0. The lowest BCUT2D eigenvalue weighted by molar-refractivity contribution is -0.149. The number of carbonyl (C=O) groups excluding carboxylic acids is 2. The van der Waals surface area contributed by atoms with Gasteiger partial charge in [-0.15, -0.1) is 0 Å². The maximum absolute atomic E-state index is 13.4. The molecular weight excluding hydrogens is 388 g/mol. The highest BCUT2D eigenvalue weighted by Crippen LogP contribution is 2.23. The zero-order chi connectivity index (χ0) is 22.3. The quantitative estimate of drug-likeness (QED) is 0.540. The van der Waals surface area contributed by atoms with Crippen molar-refractivity contribution in [3.63, 3.8) is 0 Å². The molecule has 0 unspecified atom stereocenters. The van der Waals surface area contributed by atoms with Crippen LogP contribution in [0, 0.1) is 5.92 Å². The number of carbonyl (C=O) groups is 3. The van der Waals surface area contributed by atoms with E-state index in [1.807, 2.05) is 38.1 Å². The molecule has 0 spiro atoms. The van der Waals surface area contributed by atoms with Crippen molar-refractivity contribution in [3.05, 3.63) is 36.3 Å². The van der Waals surface area contributed by atoms with Crippen LogP contribution in [0.2, 0.25) is 0 Å². The second-order valence-electron chi connectivity index (χ2n) is 7.34. The summed E-state index contributed by atoms with van der Waals surface area (Å²) in [6.07, 6.45) is 2.25. The molecule has 0 bridgehead atoms. The summed E-state index contributed by atoms with van der Waals surface area (Å²) in [6, 6.07) is 6.04. The molecule has 8 heteroatoms. The van der Waals surface area contributed by atoms with Crippen LogP contribution in [0.4, 0.5) is 0 Å². The molecular formula is C22H30N2O6. The van der Waals surface area contributed by atoms with Crippen LogP contribution >= 0.6 is 0 Å². The largest absolute Gasteiger partial charge is 0.480 e. The maximum Gasteiger partial charge on any atom is 0.323 e. The highest BCUT2D eigenvalue weighted by Gasteiger charge is 2.33. The van der Waals surface area contributed by atoms with Gasteiger partial charge >= 0.3 is 11.9 Å². The van der Waals surface area contributed by atoms with E-state index in [1.165, 1.54) is 4.90 Å². The number of amides is 1. The predicted molar refractivity (Wildman–Crippen MR) is 112 cm³/mol. The number of esters is 1. The lowest BCUT2D eigenvalue weighted by Crippen LogP contribution is -2.54. The molecule has 2 N–H and O–H groups in total. The molecule has 0 fully saturated rings. The first-order valence-corrected chi connectivity index (χ1v) is 10.2. The lowest BCUT2D eigenvalue weighted by Gasteiger charge is -2.31. The lowest BCUT2D eigenvalue weighted by atomic mass is 9.96. The van der Waals surface area contributed by atoms with E-state index < -0.39 is 36.5 Å². The highest BCUT2D eigenvalue weighted by molar-refractivity contribution is 5.88. The second kappa shape index (κ2) is 10.8. The summed E-state index contributed by atoms with van der Waals surface area (Å²) < 4.78 is 10.6. The number of nitrogens with zero attached hydrogens (tertiary/aromatic N) is 1. The zero-order valence-corrected chi connectivity index (χ0v) is 17.9. The van der Waals surface area contributed by atoms with Crippen LogP contribution in [0.5, 0.6) is 0 Å². The van der Waals surface area contributed by atoms with Crippen LogP contribution in [-0.4, -0.2) is 53.1 Å². The SMILES string of the molecule is CCOC(=O)[C@H](C)N[C@H](C(=O)N(CC(=O)O)Cc1occ2ccccc12)[C@@H](C)CC. The minimum atomic E-state index is -1.12. The summed E-state index contributed by atoms with van der Waals surface area (Å²) in [7, 11) is 0. The Morgan fingerprint density at radius 3 is 2.53 bits per heavy atom. The molecule has 0 aliphatic carbocycles. The molecule has 2 rings (SSSR count). The first-order chi connectivity index (χ1) is 14.3. The number of carboxylic acids is 1. The Hall–Kier alpha value is -2.87. The number of aliphatic carboxylic acids is 1. The number of furan rings is 1. The van der Waals surface area contributed by atoms with Gasteiger partial charge in [-0.3, -0.25) is 19.7 Å². The molecule has 0 saturated heterocycles. The average molecular weight is 418 g/mol. The van der Waals surface area contributed by atoms with E-state index in [4.69, 9.17) is 9.15 Å². The average Bonchev–Trinajstić information content (AvgIpc) is 3.13. The van der Waals surface area contributed by atoms with E-state index in [9.17, 15) is 19.5 Å². The smallest absolute Gasteiger partial charge is 0.323 e. The van der Waals surface area contributed by atoms with Crippen LogP contribution < -0.4 is 5.32 Å². The first kappa shape index (κ1) is 23.4. The molecule has 2 aromatic rings. The van der Waals surface area contributed by atoms with Crippen molar-refractivity contribution in [1.29, 1.82) is 0 Å². The van der Waals surface area contributed by atoms with Crippen LogP contribution in [0.3, 0.4) is 0 Å². The van der Waals surface area contributed by atoms with E-state index in [1.54, 1.807) is 20.1 Å². The van der Waals surface area contributed by atoms with Crippen LogP contribution in [0.25, 0.3) is 10.8 Å². The normalized spacial score (nSPS) is 14.1. The van der Waals surface area contributed by atoms with Gasteiger partial charge in [0.05, 0.1) is 25.5 Å².